The highest BCUT2D eigenvalue weighted by atomic mass is 79.9. The monoisotopic (exact) mass is 1400 g/mol. The number of hydrogen-bond donors (Lipinski definition) is 10. The van der Waals surface area contributed by atoms with E-state index in [2.05, 4.69) is 25.9 Å². The Labute approximate surface area is 563 Å². The van der Waals surface area contributed by atoms with Crippen LogP contribution in [0.2, 0.25) is 0 Å². The molecule has 10 rings (SSSR count). The van der Waals surface area contributed by atoms with Gasteiger partial charge in [-0.25, -0.2) is 9.59 Å². The number of carbonyl (C=O) groups is 4. The van der Waals surface area contributed by atoms with Gasteiger partial charge in [-0.15, -0.1) is 0 Å². The number of nitrogens with one attached hydrogen (secondary N) is 2. The quantitative estimate of drug-likeness (QED) is 0.0125. The Balaban J connectivity index is 0.000000224. The van der Waals surface area contributed by atoms with Crippen molar-refractivity contribution in [2.45, 2.75) is 7.43 Å². The number of ether oxygens (including phenoxy) is 10. The molecule has 2 heterocycles. The summed E-state index contributed by atoms with van der Waals surface area (Å²) in [6.07, 6.45) is 0. The average molecular weight is 1400 g/mol. The normalized spacial score (nSPS) is 10.1. The summed E-state index contributed by atoms with van der Waals surface area (Å²) in [5.74, 6) is 0.814. The highest BCUT2D eigenvalue weighted by molar-refractivity contribution is 9.09. The van der Waals surface area contributed by atoms with Crippen LogP contribution in [0.25, 0.3) is 44.3 Å². The first-order chi connectivity index (χ1) is 45.9. The number of nitrogen functional groups attached to an aromatic ring is 2. The second-order valence-corrected chi connectivity index (χ2v) is 20.2. The number of carbonyl (C=O) groups excluding carboxylic acids is 3. The number of alkyl halides is 1. The molecule has 97 heavy (non-hydrogen) atoms. The molecule has 0 unspecified atom stereocenters. The summed E-state index contributed by atoms with van der Waals surface area (Å²) in [4.78, 5) is 76.7. The maximum absolute atomic E-state index is 12.5. The maximum Gasteiger partial charge on any atom is 0.340 e. The van der Waals surface area contributed by atoms with Gasteiger partial charge in [0, 0.05) is 58.7 Å². The van der Waals surface area contributed by atoms with E-state index in [4.69, 9.17) is 63.9 Å². The summed E-state index contributed by atoms with van der Waals surface area (Å²) in [5.41, 5.74) is 14.2. The van der Waals surface area contributed by atoms with Crippen LogP contribution in [0.15, 0.2) is 155 Å². The number of carboxylic acid groups (broad SMARTS) is 1. The number of anilines is 2. The number of fused-ring (bicyclic) bond motifs is 2. The Morgan fingerprint density at radius 1 is 0.433 bits per heavy atom. The lowest BCUT2D eigenvalue weighted by molar-refractivity contribution is 0.0475. The van der Waals surface area contributed by atoms with Crippen molar-refractivity contribution < 1.29 is 97.2 Å². The number of nitrogens with two attached hydrogens (primary N) is 2. The first kappa shape index (κ1) is 75.5. The minimum Gasteiger partial charge on any atom is -0.508 e. The molecule has 0 spiro atoms. The van der Waals surface area contributed by atoms with E-state index in [0.29, 0.717) is 90.2 Å². The van der Waals surface area contributed by atoms with Crippen LogP contribution >= 0.6 is 15.9 Å². The van der Waals surface area contributed by atoms with Crippen molar-refractivity contribution in [1.29, 1.82) is 0 Å². The van der Waals surface area contributed by atoms with Gasteiger partial charge < -0.3 is 99.4 Å². The summed E-state index contributed by atoms with van der Waals surface area (Å²) in [7, 11) is 13.5. The molecule has 27 heteroatoms. The van der Waals surface area contributed by atoms with Gasteiger partial charge in [-0.2, -0.15) is 0 Å². The highest BCUT2D eigenvalue weighted by Crippen LogP contribution is 2.37. The summed E-state index contributed by atoms with van der Waals surface area (Å²) < 4.78 is 50.8. The smallest absolute Gasteiger partial charge is 0.340 e. The van der Waals surface area contributed by atoms with Gasteiger partial charge in [-0.1, -0.05) is 23.4 Å². The van der Waals surface area contributed by atoms with E-state index in [0.717, 1.165) is 11.8 Å². The lowest BCUT2D eigenvalue weighted by Crippen LogP contribution is -2.15. The Bertz CT molecular complexity index is 4520. The second-order valence-electron chi connectivity index (χ2n) is 19.7. The van der Waals surface area contributed by atoms with Gasteiger partial charge in [0.25, 0.3) is 0 Å². The number of H-pyrrole nitrogens is 2. The number of aromatic carboxylic acids is 1. The largest absolute Gasteiger partial charge is 0.508 e. The van der Waals surface area contributed by atoms with Crippen molar-refractivity contribution in [2.24, 2.45) is 0 Å². The van der Waals surface area contributed by atoms with Gasteiger partial charge >= 0.3 is 11.9 Å². The number of phenolic OH excluding ortho intramolecular Hbond substituents is 3. The molecular weight excluding hydrogens is 1330 g/mol. The zero-order chi connectivity index (χ0) is 70.5. The molecule has 0 aliphatic carbocycles. The van der Waals surface area contributed by atoms with E-state index >= 15 is 0 Å². The van der Waals surface area contributed by atoms with Crippen LogP contribution in [-0.2, 0) is 4.74 Å². The number of aromatic nitrogens is 2. The molecule has 10 aromatic rings. The standard InChI is InChI=1S/C18H19NO6.C18H17NO5.C15H11NO5.C9H9BrO2.C9H11NO4.CH4/c1-22-12-6-4-11(5-7-12)15(20)10-25-18(21)13-8-16(23-2)17(24-3)9-14(13)19;1-22-11-6-4-10(5-7-11)16-18(21)17(20)12-8-14(23-2)15(24-3)9-13(12)19-16;17-8-3-1-7(2-4-8)13-15(21)14(20)9-5-11(18)12(19)6-10(9)16-13;1-12-8-4-2-7(3-5-8)9(11)6-10;1-13-7-3-5(9(11)12)6(10)4-8(7)14-2;/h4-9H,10,19H2,1-3H3;4-9,21H,1-3H3,(H,19,20);1-6,17-19,21H,(H,16,20);2-5H,6H2,1H3;3-4H,10H2,1-2H3,(H,11,12);1H4. The molecule has 0 saturated carbocycles. The third-order valence-corrected chi connectivity index (χ3v) is 14.4. The van der Waals surface area contributed by atoms with Crippen LogP contribution in [0.4, 0.5) is 11.4 Å². The van der Waals surface area contributed by atoms with Gasteiger partial charge in [0.2, 0.25) is 10.9 Å². The predicted molar refractivity (Wildman–Crippen MR) is 368 cm³/mol. The van der Waals surface area contributed by atoms with Crippen LogP contribution in [0, 0.1) is 0 Å². The van der Waals surface area contributed by atoms with E-state index in [1.54, 1.807) is 99.1 Å². The Morgan fingerprint density at radius 3 is 1.21 bits per heavy atom. The molecule has 0 atom stereocenters. The summed E-state index contributed by atoms with van der Waals surface area (Å²) >= 11 is 3.11. The predicted octanol–water partition coefficient (Wildman–Crippen LogP) is 11.2. The number of carboxylic acids is 1. The zero-order valence-corrected chi connectivity index (χ0v) is 54.6. The third kappa shape index (κ3) is 18.8. The molecule has 8 aromatic carbocycles. The van der Waals surface area contributed by atoms with Gasteiger partial charge in [-0.05, 0) is 109 Å². The van der Waals surface area contributed by atoms with Crippen molar-refractivity contribution in [3.8, 4) is 103 Å². The fourth-order valence-corrected chi connectivity index (χ4v) is 9.11. The number of aromatic hydroxyl groups is 5. The Kier molecular flexibility index (Phi) is 27.3. The van der Waals surface area contributed by atoms with Gasteiger partial charge in [0.15, 0.2) is 75.7 Å². The molecule has 0 fully saturated rings. The van der Waals surface area contributed by atoms with Crippen molar-refractivity contribution >= 4 is 72.6 Å². The summed E-state index contributed by atoms with van der Waals surface area (Å²) in [6.45, 7) is -0.404. The van der Waals surface area contributed by atoms with Crippen LogP contribution < -0.4 is 65.0 Å². The number of hydrogen-bond acceptors (Lipinski definition) is 23. The molecule has 510 valence electrons. The molecule has 0 radical (unpaired) electrons. The van der Waals surface area contributed by atoms with E-state index in [1.807, 2.05) is 0 Å². The number of Topliss-reactive ketones (excluding diaryl/α,β-unsaturated/α-hetero) is 2. The van der Waals surface area contributed by atoms with E-state index in [-0.39, 0.29) is 75.3 Å². The van der Waals surface area contributed by atoms with E-state index in [1.165, 1.54) is 104 Å². The van der Waals surface area contributed by atoms with Gasteiger partial charge in [-0.3, -0.25) is 19.2 Å². The molecule has 12 N–H and O–H groups in total. The number of rotatable bonds is 18. The number of halogens is 1. The van der Waals surface area contributed by atoms with Crippen LogP contribution in [0.5, 0.6) is 80.5 Å². The Hall–Kier alpha value is -12.3. The number of methoxy groups -OCH3 is 9. The first-order valence-electron chi connectivity index (χ1n) is 28.0. The van der Waals surface area contributed by atoms with Crippen LogP contribution in [0.1, 0.15) is 48.9 Å². The molecule has 26 nitrogen and oxygen atoms in total. The van der Waals surface area contributed by atoms with Crippen molar-refractivity contribution in [3.05, 3.63) is 188 Å². The number of phenols is 3. The average Bonchev–Trinajstić information content (AvgIpc) is 0.781. The maximum atomic E-state index is 12.5. The van der Waals surface area contributed by atoms with Crippen molar-refractivity contribution in [3.63, 3.8) is 0 Å². The minimum atomic E-state index is -1.09. The van der Waals surface area contributed by atoms with E-state index < -0.39 is 40.9 Å². The number of benzene rings is 8. The first-order valence-corrected chi connectivity index (χ1v) is 29.1. The SMILES string of the molecule is C.COc1cc(N)c(C(=O)O)cc1OC.COc1ccc(-c2[nH]c3cc(OC)c(OC)cc3c(=O)c2O)cc1.COc1ccc(C(=O)CBr)cc1.COc1ccc(C(=O)COC(=O)c2cc(OC)c(OC)cc2N)cc1.O=c1c(O)c(-c2ccc(O)cc2)[nH]c2cc(O)c(O)cc12. The topological polar surface area (TPSA) is 400 Å². The number of aromatic amines is 2. The second kappa shape index (κ2) is 35.1. The molecule has 0 saturated heterocycles. The summed E-state index contributed by atoms with van der Waals surface area (Å²) in [6, 6.07) is 37.6. The fraction of sp³-hybridized carbons (Fsp3) is 0.171. The molecular formula is C70H71BrN4O22. The van der Waals surface area contributed by atoms with Crippen LogP contribution in [0.3, 0.4) is 0 Å². The van der Waals surface area contributed by atoms with E-state index in [9.17, 15) is 54.3 Å². The lowest BCUT2D eigenvalue weighted by Gasteiger charge is -2.12. The van der Waals surface area contributed by atoms with Crippen molar-refractivity contribution in [2.75, 3.05) is 87.4 Å². The zero-order valence-electron chi connectivity index (χ0n) is 53.0. The number of esters is 1. The fourth-order valence-electron chi connectivity index (χ4n) is 8.79. The lowest BCUT2D eigenvalue weighted by atomic mass is 10.1. The van der Waals surface area contributed by atoms with Gasteiger partial charge in [0.1, 0.15) is 23.0 Å². The van der Waals surface area contributed by atoms with Crippen molar-refractivity contribution in [1.82, 2.24) is 9.97 Å². The molecule has 0 amide bonds. The Morgan fingerprint density at radius 2 is 0.784 bits per heavy atom. The highest BCUT2D eigenvalue weighted by Gasteiger charge is 2.21. The minimum absolute atomic E-state index is 0. The molecule has 0 bridgehead atoms. The van der Waals surface area contributed by atoms with Crippen LogP contribution in [-0.4, -0.2) is 140 Å². The number of ketones is 2. The third-order valence-electron chi connectivity index (χ3n) is 13.9. The summed E-state index contributed by atoms with van der Waals surface area (Å²) in [5, 5.41) is 58.1. The van der Waals surface area contributed by atoms with Gasteiger partial charge in [0.05, 0.1) is 125 Å². The number of pyridine rings is 2. The molecule has 2 aromatic heterocycles. The molecule has 0 aliphatic heterocycles. The molecule has 0 aliphatic rings.